The third-order valence-corrected chi connectivity index (χ3v) is 1.93. The van der Waals surface area contributed by atoms with Gasteiger partial charge in [-0.25, -0.2) is 0 Å². The van der Waals surface area contributed by atoms with Crippen molar-refractivity contribution in [2.45, 2.75) is 20.4 Å². The standard InChI is InChI=1S/C11H15N/c1-4-12-8-11-6-5-9(2)7-10(11)3/h4-7,12H,1,8H2,2-3H3. The lowest BCUT2D eigenvalue weighted by Crippen LogP contribution is -2.05. The molecule has 0 aromatic heterocycles. The molecule has 0 atom stereocenters. The van der Waals surface area contributed by atoms with E-state index in [2.05, 4.69) is 43.9 Å². The molecule has 0 saturated carbocycles. The molecular formula is C11H15N. The monoisotopic (exact) mass is 161 g/mol. The first-order valence-electron chi connectivity index (χ1n) is 4.14. The zero-order valence-electron chi connectivity index (χ0n) is 7.72. The van der Waals surface area contributed by atoms with Crippen molar-refractivity contribution in [2.24, 2.45) is 0 Å². The van der Waals surface area contributed by atoms with Gasteiger partial charge in [-0.3, -0.25) is 0 Å². The first-order valence-corrected chi connectivity index (χ1v) is 4.14. The van der Waals surface area contributed by atoms with Gasteiger partial charge in [-0.05, 0) is 31.2 Å². The first-order chi connectivity index (χ1) is 5.74. The van der Waals surface area contributed by atoms with E-state index in [0.29, 0.717) is 0 Å². The van der Waals surface area contributed by atoms with Gasteiger partial charge in [-0.15, -0.1) is 0 Å². The van der Waals surface area contributed by atoms with Gasteiger partial charge in [0.1, 0.15) is 0 Å². The van der Waals surface area contributed by atoms with Gasteiger partial charge in [0.25, 0.3) is 0 Å². The van der Waals surface area contributed by atoms with Crippen LogP contribution in [0.5, 0.6) is 0 Å². The Balaban J connectivity index is 2.78. The van der Waals surface area contributed by atoms with Crippen LogP contribution in [0.2, 0.25) is 0 Å². The van der Waals surface area contributed by atoms with Crippen LogP contribution < -0.4 is 5.32 Å². The lowest BCUT2D eigenvalue weighted by Gasteiger charge is -2.05. The average molecular weight is 161 g/mol. The predicted octanol–water partition coefficient (Wildman–Crippen LogP) is 2.54. The van der Waals surface area contributed by atoms with Gasteiger partial charge in [-0.1, -0.05) is 30.3 Å². The Morgan fingerprint density at radius 1 is 1.42 bits per heavy atom. The van der Waals surface area contributed by atoms with Gasteiger partial charge >= 0.3 is 0 Å². The topological polar surface area (TPSA) is 12.0 Å². The second-order valence-electron chi connectivity index (χ2n) is 3.01. The maximum absolute atomic E-state index is 3.61. The Bertz CT molecular complexity index is 276. The van der Waals surface area contributed by atoms with Gasteiger partial charge in [-0.2, -0.15) is 0 Å². The van der Waals surface area contributed by atoms with Crippen LogP contribution in [0.15, 0.2) is 31.0 Å². The highest BCUT2D eigenvalue weighted by Crippen LogP contribution is 2.09. The highest BCUT2D eigenvalue weighted by molar-refractivity contribution is 5.30. The van der Waals surface area contributed by atoms with Crippen LogP contribution in [0.4, 0.5) is 0 Å². The average Bonchev–Trinajstić information content (AvgIpc) is 2.03. The highest BCUT2D eigenvalue weighted by Gasteiger charge is 1.95. The van der Waals surface area contributed by atoms with Crippen LogP contribution in [-0.4, -0.2) is 0 Å². The first kappa shape index (κ1) is 8.85. The lowest BCUT2D eigenvalue weighted by atomic mass is 10.1. The Morgan fingerprint density at radius 2 is 2.17 bits per heavy atom. The molecular weight excluding hydrogens is 146 g/mol. The Labute approximate surface area is 74.1 Å². The highest BCUT2D eigenvalue weighted by atomic mass is 14.8. The van der Waals surface area contributed by atoms with Crippen molar-refractivity contribution in [3.63, 3.8) is 0 Å². The summed E-state index contributed by atoms with van der Waals surface area (Å²) >= 11 is 0. The summed E-state index contributed by atoms with van der Waals surface area (Å²) in [5.41, 5.74) is 3.99. The predicted molar refractivity (Wildman–Crippen MR) is 53.0 cm³/mol. The van der Waals surface area contributed by atoms with Gasteiger partial charge in [0, 0.05) is 6.54 Å². The summed E-state index contributed by atoms with van der Waals surface area (Å²) < 4.78 is 0. The molecule has 0 aliphatic rings. The van der Waals surface area contributed by atoms with E-state index in [-0.39, 0.29) is 0 Å². The zero-order chi connectivity index (χ0) is 8.97. The van der Waals surface area contributed by atoms with Gasteiger partial charge in [0.05, 0.1) is 0 Å². The molecule has 1 aromatic rings. The van der Waals surface area contributed by atoms with E-state index >= 15 is 0 Å². The molecule has 1 heteroatoms. The Morgan fingerprint density at radius 3 is 2.75 bits per heavy atom. The van der Waals surface area contributed by atoms with Crippen molar-refractivity contribution in [2.75, 3.05) is 0 Å². The van der Waals surface area contributed by atoms with E-state index < -0.39 is 0 Å². The number of aryl methyl sites for hydroxylation is 2. The Kier molecular flexibility index (Phi) is 2.92. The molecule has 0 saturated heterocycles. The molecule has 0 amide bonds. The van der Waals surface area contributed by atoms with Gasteiger partial charge < -0.3 is 5.32 Å². The molecule has 64 valence electrons. The molecule has 0 fully saturated rings. The zero-order valence-corrected chi connectivity index (χ0v) is 7.72. The molecule has 1 nitrogen and oxygen atoms in total. The smallest absolute Gasteiger partial charge is 0.0397 e. The van der Waals surface area contributed by atoms with Crippen LogP contribution in [0, 0.1) is 13.8 Å². The minimum Gasteiger partial charge on any atom is -0.387 e. The van der Waals surface area contributed by atoms with Crippen LogP contribution in [0.25, 0.3) is 0 Å². The van der Waals surface area contributed by atoms with E-state index in [1.165, 1.54) is 16.7 Å². The summed E-state index contributed by atoms with van der Waals surface area (Å²) in [7, 11) is 0. The quantitative estimate of drug-likeness (QED) is 0.718. The third kappa shape index (κ3) is 2.12. The molecule has 1 N–H and O–H groups in total. The van der Waals surface area contributed by atoms with Crippen molar-refractivity contribution in [1.29, 1.82) is 0 Å². The summed E-state index contributed by atoms with van der Waals surface area (Å²) in [6.07, 6.45) is 1.72. The van der Waals surface area contributed by atoms with E-state index in [1.807, 2.05) is 0 Å². The van der Waals surface area contributed by atoms with Crippen molar-refractivity contribution in [1.82, 2.24) is 5.32 Å². The fourth-order valence-electron chi connectivity index (χ4n) is 1.23. The maximum Gasteiger partial charge on any atom is 0.0397 e. The van der Waals surface area contributed by atoms with E-state index in [4.69, 9.17) is 0 Å². The van der Waals surface area contributed by atoms with Crippen LogP contribution in [-0.2, 0) is 6.54 Å². The normalized spacial score (nSPS) is 9.50. The number of hydrogen-bond acceptors (Lipinski definition) is 1. The lowest BCUT2D eigenvalue weighted by molar-refractivity contribution is 0.864. The maximum atomic E-state index is 3.61. The van der Waals surface area contributed by atoms with Crippen LogP contribution >= 0.6 is 0 Å². The van der Waals surface area contributed by atoms with E-state index in [0.717, 1.165) is 6.54 Å². The van der Waals surface area contributed by atoms with E-state index in [9.17, 15) is 0 Å². The van der Waals surface area contributed by atoms with Crippen LogP contribution in [0.1, 0.15) is 16.7 Å². The molecule has 0 heterocycles. The van der Waals surface area contributed by atoms with Crippen LogP contribution in [0.3, 0.4) is 0 Å². The molecule has 0 unspecified atom stereocenters. The van der Waals surface area contributed by atoms with Crippen molar-refractivity contribution < 1.29 is 0 Å². The van der Waals surface area contributed by atoms with E-state index in [1.54, 1.807) is 6.20 Å². The van der Waals surface area contributed by atoms with Gasteiger partial charge in [0.15, 0.2) is 0 Å². The summed E-state index contributed by atoms with van der Waals surface area (Å²) in [6, 6.07) is 6.48. The Hall–Kier alpha value is -1.24. The van der Waals surface area contributed by atoms with Crippen molar-refractivity contribution in [3.8, 4) is 0 Å². The van der Waals surface area contributed by atoms with Gasteiger partial charge in [0.2, 0.25) is 0 Å². The van der Waals surface area contributed by atoms with Crippen molar-refractivity contribution >= 4 is 0 Å². The SMILES string of the molecule is C=CNCc1ccc(C)cc1C. The fourth-order valence-corrected chi connectivity index (χ4v) is 1.23. The summed E-state index contributed by atoms with van der Waals surface area (Å²) in [6.45, 7) is 8.72. The number of hydrogen-bond donors (Lipinski definition) is 1. The molecule has 1 aromatic carbocycles. The second kappa shape index (κ2) is 3.96. The summed E-state index contributed by atoms with van der Waals surface area (Å²) in [4.78, 5) is 0. The summed E-state index contributed by atoms with van der Waals surface area (Å²) in [5, 5.41) is 3.09. The molecule has 0 aliphatic carbocycles. The third-order valence-electron chi connectivity index (χ3n) is 1.93. The molecule has 1 rings (SSSR count). The minimum absolute atomic E-state index is 0.871. The molecule has 0 bridgehead atoms. The number of benzene rings is 1. The number of nitrogens with one attached hydrogen (secondary N) is 1. The molecule has 12 heavy (non-hydrogen) atoms. The van der Waals surface area contributed by atoms with Crippen molar-refractivity contribution in [3.05, 3.63) is 47.7 Å². The minimum atomic E-state index is 0.871. The molecule has 0 spiro atoms. The number of rotatable bonds is 3. The molecule has 0 aliphatic heterocycles. The fraction of sp³-hybridized carbons (Fsp3) is 0.273. The second-order valence-corrected chi connectivity index (χ2v) is 3.01. The summed E-state index contributed by atoms with van der Waals surface area (Å²) in [5.74, 6) is 0. The largest absolute Gasteiger partial charge is 0.387 e. The molecule has 0 radical (unpaired) electrons.